The molecule has 0 aliphatic heterocycles. The molecule has 0 aliphatic rings. The normalized spacial score (nSPS) is 9.53. The quantitative estimate of drug-likeness (QED) is 0.586. The number of rotatable bonds is 3. The predicted octanol–water partition coefficient (Wildman–Crippen LogP) is 0.276. The van der Waals surface area contributed by atoms with Crippen LogP contribution in [0.15, 0.2) is 24.3 Å². The van der Waals surface area contributed by atoms with E-state index in [1.54, 1.807) is 12.1 Å². The smallest absolute Gasteiger partial charge is 0.333 e. The maximum absolute atomic E-state index is 11.5. The van der Waals surface area contributed by atoms with Crippen LogP contribution in [0.5, 0.6) is 0 Å². The minimum atomic E-state index is -0.596. The zero-order valence-corrected chi connectivity index (χ0v) is 9.62. The van der Waals surface area contributed by atoms with Crippen LogP contribution in [0.1, 0.15) is 10.4 Å². The molecule has 0 radical (unpaired) electrons. The van der Waals surface area contributed by atoms with Crippen LogP contribution in [0.3, 0.4) is 0 Å². The van der Waals surface area contributed by atoms with Gasteiger partial charge in [-0.25, -0.2) is 10.2 Å². The van der Waals surface area contributed by atoms with Gasteiger partial charge in [0.25, 0.3) is 5.91 Å². The second-order valence-corrected chi connectivity index (χ2v) is 3.50. The molecule has 0 spiro atoms. The largest absolute Gasteiger partial charge is 0.395 e. The van der Waals surface area contributed by atoms with E-state index in [4.69, 9.17) is 16.7 Å². The Morgan fingerprint density at radius 3 is 2.41 bits per heavy atom. The molecule has 0 aromatic heterocycles. The summed E-state index contributed by atoms with van der Waals surface area (Å²) in [6, 6.07) is 5.61. The fourth-order valence-electron chi connectivity index (χ4n) is 1.00. The number of nitrogens with one attached hydrogen (secondary N) is 3. The fourth-order valence-corrected chi connectivity index (χ4v) is 1.13. The number of urea groups is 1. The van der Waals surface area contributed by atoms with E-state index in [-0.39, 0.29) is 13.2 Å². The second-order valence-electron chi connectivity index (χ2n) is 3.07. The zero-order chi connectivity index (χ0) is 12.7. The van der Waals surface area contributed by atoms with Crippen molar-refractivity contribution in [1.29, 1.82) is 0 Å². The molecule has 4 N–H and O–H groups in total. The second kappa shape index (κ2) is 6.72. The molecule has 1 rings (SSSR count). The highest BCUT2D eigenvalue weighted by atomic mass is 35.5. The lowest BCUT2D eigenvalue weighted by Gasteiger charge is -2.07. The Kier molecular flexibility index (Phi) is 5.25. The predicted molar refractivity (Wildman–Crippen MR) is 62.5 cm³/mol. The molecule has 0 aliphatic carbocycles. The number of benzene rings is 1. The van der Waals surface area contributed by atoms with Gasteiger partial charge in [0.2, 0.25) is 0 Å². The molecule has 1 aromatic carbocycles. The van der Waals surface area contributed by atoms with Crippen LogP contribution in [-0.4, -0.2) is 30.2 Å². The van der Waals surface area contributed by atoms with Crippen LogP contribution in [0.4, 0.5) is 4.79 Å². The molecule has 6 nitrogen and oxygen atoms in total. The third-order valence-corrected chi connectivity index (χ3v) is 2.05. The molecule has 0 fully saturated rings. The molecule has 7 heteroatoms. The zero-order valence-electron chi connectivity index (χ0n) is 8.87. The molecule has 1 aromatic rings. The molecule has 3 amide bonds. The lowest BCUT2D eigenvalue weighted by molar-refractivity contribution is 0.0936. The SMILES string of the molecule is O=C(NCCO)NNC(=O)c1ccc(Cl)cc1. The molecule has 0 heterocycles. The molecular formula is C10H12ClN3O3. The maximum Gasteiger partial charge on any atom is 0.333 e. The van der Waals surface area contributed by atoms with Gasteiger partial charge in [-0.15, -0.1) is 0 Å². The third-order valence-electron chi connectivity index (χ3n) is 1.79. The van der Waals surface area contributed by atoms with E-state index in [9.17, 15) is 9.59 Å². The highest BCUT2D eigenvalue weighted by Gasteiger charge is 2.06. The van der Waals surface area contributed by atoms with E-state index in [2.05, 4.69) is 16.2 Å². The lowest BCUT2D eigenvalue weighted by Crippen LogP contribution is -2.47. The van der Waals surface area contributed by atoms with Crippen molar-refractivity contribution in [3.05, 3.63) is 34.9 Å². The Morgan fingerprint density at radius 1 is 1.18 bits per heavy atom. The van der Waals surface area contributed by atoms with Crippen molar-refractivity contribution in [2.24, 2.45) is 0 Å². The Morgan fingerprint density at radius 2 is 1.82 bits per heavy atom. The first-order chi connectivity index (χ1) is 8.13. The van der Waals surface area contributed by atoms with Crippen LogP contribution < -0.4 is 16.2 Å². The first kappa shape index (κ1) is 13.3. The number of hydrazine groups is 1. The van der Waals surface area contributed by atoms with Gasteiger partial charge in [0, 0.05) is 17.1 Å². The summed E-state index contributed by atoms with van der Waals surface area (Å²) >= 11 is 5.67. The van der Waals surface area contributed by atoms with Gasteiger partial charge in [0.05, 0.1) is 6.61 Å². The van der Waals surface area contributed by atoms with Crippen LogP contribution in [0.25, 0.3) is 0 Å². The highest BCUT2D eigenvalue weighted by molar-refractivity contribution is 6.30. The van der Waals surface area contributed by atoms with Crippen molar-refractivity contribution in [2.45, 2.75) is 0 Å². The van der Waals surface area contributed by atoms with Crippen LogP contribution in [0, 0.1) is 0 Å². The van der Waals surface area contributed by atoms with Gasteiger partial charge in [0.1, 0.15) is 0 Å². The van der Waals surface area contributed by atoms with E-state index in [0.29, 0.717) is 10.6 Å². The minimum Gasteiger partial charge on any atom is -0.395 e. The van der Waals surface area contributed by atoms with Crippen molar-refractivity contribution < 1.29 is 14.7 Å². The van der Waals surface area contributed by atoms with E-state index in [0.717, 1.165) is 0 Å². The summed E-state index contributed by atoms with van der Waals surface area (Å²) in [5.74, 6) is -0.458. The van der Waals surface area contributed by atoms with Gasteiger partial charge in [-0.1, -0.05) is 11.6 Å². The van der Waals surface area contributed by atoms with E-state index in [1.807, 2.05) is 0 Å². The molecule has 0 atom stereocenters. The van der Waals surface area contributed by atoms with Gasteiger partial charge in [-0.3, -0.25) is 10.2 Å². The van der Waals surface area contributed by atoms with Crippen molar-refractivity contribution in [2.75, 3.05) is 13.2 Å². The van der Waals surface area contributed by atoms with E-state index >= 15 is 0 Å². The Labute approximate surface area is 103 Å². The van der Waals surface area contributed by atoms with Gasteiger partial charge >= 0.3 is 6.03 Å². The topological polar surface area (TPSA) is 90.5 Å². The van der Waals surface area contributed by atoms with Gasteiger partial charge in [0.15, 0.2) is 0 Å². The number of hydrogen-bond acceptors (Lipinski definition) is 3. The number of aliphatic hydroxyl groups excluding tert-OH is 1. The minimum absolute atomic E-state index is 0.114. The number of halogens is 1. The standard InChI is InChI=1S/C10H12ClN3O3/c11-8-3-1-7(2-4-8)9(16)13-14-10(17)12-5-6-15/h1-4,15H,5-6H2,(H,13,16)(H2,12,14,17). The van der Waals surface area contributed by atoms with E-state index in [1.165, 1.54) is 12.1 Å². The summed E-state index contributed by atoms with van der Waals surface area (Å²) < 4.78 is 0. The van der Waals surface area contributed by atoms with Crippen LogP contribution in [-0.2, 0) is 0 Å². The number of aliphatic hydroxyl groups is 1. The number of amides is 3. The first-order valence-corrected chi connectivity index (χ1v) is 5.22. The average molecular weight is 258 g/mol. The van der Waals surface area contributed by atoms with Gasteiger partial charge in [-0.05, 0) is 24.3 Å². The first-order valence-electron chi connectivity index (χ1n) is 4.84. The molecule has 0 unspecified atom stereocenters. The summed E-state index contributed by atoms with van der Waals surface area (Å²) in [4.78, 5) is 22.5. The summed E-state index contributed by atoms with van der Waals surface area (Å²) in [5, 5.41) is 11.3. The third kappa shape index (κ3) is 4.71. The lowest BCUT2D eigenvalue weighted by atomic mass is 10.2. The molecular weight excluding hydrogens is 246 g/mol. The number of carbonyl (C=O) groups excluding carboxylic acids is 2. The molecule has 92 valence electrons. The number of carbonyl (C=O) groups is 2. The highest BCUT2D eigenvalue weighted by Crippen LogP contribution is 2.08. The van der Waals surface area contributed by atoms with Crippen molar-refractivity contribution in [3.63, 3.8) is 0 Å². The molecule has 17 heavy (non-hydrogen) atoms. The van der Waals surface area contributed by atoms with Crippen LogP contribution >= 0.6 is 11.6 Å². The Balaban J connectivity index is 2.39. The summed E-state index contributed by atoms with van der Waals surface area (Å²) in [6.45, 7) is -0.0544. The molecule has 0 saturated carbocycles. The molecule has 0 saturated heterocycles. The molecule has 0 bridgehead atoms. The van der Waals surface area contributed by atoms with Gasteiger partial charge < -0.3 is 10.4 Å². The van der Waals surface area contributed by atoms with E-state index < -0.39 is 11.9 Å². The summed E-state index contributed by atoms with van der Waals surface area (Å²) in [7, 11) is 0. The van der Waals surface area contributed by atoms with Crippen molar-refractivity contribution in [1.82, 2.24) is 16.2 Å². The van der Waals surface area contributed by atoms with Gasteiger partial charge in [-0.2, -0.15) is 0 Å². The fraction of sp³-hybridized carbons (Fsp3) is 0.200. The number of hydrogen-bond donors (Lipinski definition) is 4. The van der Waals surface area contributed by atoms with Crippen LogP contribution in [0.2, 0.25) is 5.02 Å². The summed E-state index contributed by atoms with van der Waals surface area (Å²) in [6.07, 6.45) is 0. The van der Waals surface area contributed by atoms with Crippen molar-refractivity contribution in [3.8, 4) is 0 Å². The monoisotopic (exact) mass is 257 g/mol. The summed E-state index contributed by atoms with van der Waals surface area (Å²) in [5.41, 5.74) is 4.71. The Hall–Kier alpha value is -1.79. The maximum atomic E-state index is 11.5. The van der Waals surface area contributed by atoms with Crippen molar-refractivity contribution >= 4 is 23.5 Å². The average Bonchev–Trinajstić information content (AvgIpc) is 2.34. The Bertz CT molecular complexity index is 394.